The van der Waals surface area contributed by atoms with Crippen molar-refractivity contribution >= 4 is 47.3 Å². The highest BCUT2D eigenvalue weighted by atomic mass is 28.6. The van der Waals surface area contributed by atoms with Crippen molar-refractivity contribution in [3.05, 3.63) is 65.2 Å². The molecular weight excluding hydrogens is 725 g/mol. The van der Waals surface area contributed by atoms with Gasteiger partial charge in [-0.15, -0.1) is 0 Å². The van der Waals surface area contributed by atoms with Gasteiger partial charge in [0.25, 0.3) is 0 Å². The number of Topliss-reactive ketones (excluding diaryl/α,β-unsaturated/α-hetero) is 2. The number of carbonyl (C=O) groups is 2. The fraction of sp³-hybridized carbons (Fsp3) is 0.600. The highest BCUT2D eigenvalue weighted by molar-refractivity contribution is 6.93. The summed E-state index contributed by atoms with van der Waals surface area (Å²) in [5, 5.41) is 0. The molecule has 2 aliphatic heterocycles. The average Bonchev–Trinajstić information content (AvgIpc) is 2.90. The zero-order chi connectivity index (χ0) is 38.3. The summed E-state index contributed by atoms with van der Waals surface area (Å²) in [7, 11) is -16.0. The summed E-state index contributed by atoms with van der Waals surface area (Å²) in [4.78, 5) is 37.3. The Morgan fingerprint density at radius 1 is 0.627 bits per heavy atom. The molecule has 284 valence electrons. The average molecular weight is 781 g/mol. The van der Waals surface area contributed by atoms with Crippen LogP contribution in [-0.2, 0) is 39.3 Å². The molecule has 2 bridgehead atoms. The van der Waals surface area contributed by atoms with Crippen LogP contribution in [0.1, 0.15) is 122 Å². The van der Waals surface area contributed by atoms with Gasteiger partial charge in [0.1, 0.15) is 5.75 Å². The Morgan fingerprint density at radius 2 is 1.06 bits per heavy atom. The third-order valence-electron chi connectivity index (χ3n) is 7.35. The second-order valence-electron chi connectivity index (χ2n) is 17.1. The van der Waals surface area contributed by atoms with Gasteiger partial charge in [0.2, 0.25) is 0 Å². The summed E-state index contributed by atoms with van der Waals surface area (Å²) < 4.78 is 56.5. The van der Waals surface area contributed by atoms with Gasteiger partial charge in [-0.2, -0.15) is 0 Å². The predicted molar refractivity (Wildman–Crippen MR) is 199 cm³/mol. The van der Waals surface area contributed by atoms with Crippen molar-refractivity contribution in [2.75, 3.05) is 6.61 Å². The van der Waals surface area contributed by atoms with E-state index in [0.29, 0.717) is 35.9 Å². The van der Waals surface area contributed by atoms with Crippen LogP contribution >= 0.6 is 0 Å². The number of hydrogen-bond acceptors (Lipinski definition) is 12. The Bertz CT molecular complexity index is 1500. The maximum Gasteiger partial charge on any atom is 0.665 e. The second kappa shape index (κ2) is 14.7. The first kappa shape index (κ1) is 41.8. The van der Waals surface area contributed by atoms with Gasteiger partial charge in [0.05, 0.1) is 29.8 Å². The number of fused-ring (bicyclic) bond motifs is 2. The summed E-state index contributed by atoms with van der Waals surface area (Å²) in [5.41, 5.74) is -0.350. The van der Waals surface area contributed by atoms with Crippen LogP contribution in [0.4, 0.5) is 0 Å². The third kappa shape index (κ3) is 12.0. The number of hydrogen-bond donors (Lipinski definition) is 1. The molecule has 16 heteroatoms. The van der Waals surface area contributed by atoms with E-state index in [1.165, 1.54) is 0 Å². The molecular formula is C35H56O12Si4. The lowest BCUT2D eigenvalue weighted by atomic mass is 9.86. The minimum atomic E-state index is -4.45. The van der Waals surface area contributed by atoms with Crippen molar-refractivity contribution in [2.24, 2.45) is 0 Å². The van der Waals surface area contributed by atoms with Crippen LogP contribution in [0.5, 0.6) is 5.75 Å². The van der Waals surface area contributed by atoms with Gasteiger partial charge in [0, 0.05) is 11.1 Å². The van der Waals surface area contributed by atoms with Crippen LogP contribution in [0.2, 0.25) is 12.6 Å². The zero-order valence-corrected chi connectivity index (χ0v) is 36.4. The molecule has 0 amide bonds. The van der Waals surface area contributed by atoms with E-state index < -0.39 is 52.5 Å². The zero-order valence-electron chi connectivity index (χ0n) is 32.4. The van der Waals surface area contributed by atoms with Crippen molar-refractivity contribution in [1.29, 1.82) is 0 Å². The van der Waals surface area contributed by atoms with Gasteiger partial charge in [0.15, 0.2) is 11.6 Å². The number of carbonyl (C=O) groups excluding carboxylic acids is 2. The highest BCUT2D eigenvalue weighted by Gasteiger charge is 2.80. The van der Waals surface area contributed by atoms with Crippen LogP contribution in [0.25, 0.3) is 0 Å². The molecule has 2 fully saturated rings. The van der Waals surface area contributed by atoms with E-state index in [1.54, 1.807) is 57.2 Å². The van der Waals surface area contributed by atoms with Gasteiger partial charge in [-0.25, -0.2) is 0 Å². The van der Waals surface area contributed by atoms with Crippen LogP contribution in [0.3, 0.4) is 0 Å². The molecule has 2 unspecified atom stereocenters. The Morgan fingerprint density at radius 3 is 1.47 bits per heavy atom. The normalized spacial score (nSPS) is 27.3. The fourth-order valence-corrected chi connectivity index (χ4v) is 22.9. The molecule has 0 aromatic heterocycles. The van der Waals surface area contributed by atoms with E-state index in [4.69, 9.17) is 38.6 Å². The Balaban J connectivity index is 1.41. The van der Waals surface area contributed by atoms with Crippen molar-refractivity contribution in [1.82, 2.24) is 0 Å². The van der Waals surface area contributed by atoms with E-state index in [9.17, 15) is 14.4 Å². The minimum absolute atomic E-state index is 0.0231. The molecule has 2 heterocycles. The number of ether oxygens (including phenoxy) is 1. The SMILES string of the molecule is CC(C)(C)O[Si]1(O)O[Si]2(OC(C)(C)C)O[Si](C)(CCCOc3ccc(C(=O)CC(=O)c4ccc(C(C)(C)C)cc4)cc3)O[Si](OC(C)(C)C)(O1)O2. The number of benzene rings is 2. The van der Waals surface area contributed by atoms with Gasteiger partial charge in [-0.3, -0.25) is 9.59 Å². The van der Waals surface area contributed by atoms with Gasteiger partial charge < -0.3 is 43.4 Å². The van der Waals surface area contributed by atoms with E-state index in [1.807, 2.05) is 60.2 Å². The van der Waals surface area contributed by atoms with E-state index in [0.717, 1.165) is 5.56 Å². The molecule has 0 radical (unpaired) electrons. The highest BCUT2D eigenvalue weighted by Crippen LogP contribution is 2.45. The first-order valence-corrected chi connectivity index (χ1v) is 24.8. The van der Waals surface area contributed by atoms with Crippen LogP contribution < -0.4 is 4.74 Å². The maximum absolute atomic E-state index is 12.9. The smallest absolute Gasteiger partial charge is 0.494 e. The molecule has 2 atom stereocenters. The molecule has 0 spiro atoms. The van der Waals surface area contributed by atoms with Crippen LogP contribution in [0.15, 0.2) is 48.5 Å². The first-order valence-electron chi connectivity index (χ1n) is 17.3. The fourth-order valence-electron chi connectivity index (χ4n) is 5.40. The molecule has 2 aliphatic rings. The molecule has 51 heavy (non-hydrogen) atoms. The summed E-state index contributed by atoms with van der Waals surface area (Å²) in [5.74, 6) is 0.0855. The van der Waals surface area contributed by atoms with Gasteiger partial charge in [-0.05, 0) is 117 Å². The molecule has 0 saturated carbocycles. The van der Waals surface area contributed by atoms with Crippen LogP contribution in [0, 0.1) is 0 Å². The topological polar surface area (TPSA) is 137 Å². The first-order chi connectivity index (χ1) is 23.1. The second-order valence-corrected chi connectivity index (χ2v) is 27.6. The van der Waals surface area contributed by atoms with E-state index in [-0.39, 0.29) is 23.4 Å². The van der Waals surface area contributed by atoms with E-state index >= 15 is 0 Å². The van der Waals surface area contributed by atoms with Crippen molar-refractivity contribution < 1.29 is 53.0 Å². The molecule has 2 aromatic carbocycles. The molecule has 2 aromatic rings. The monoisotopic (exact) mass is 780 g/mol. The minimum Gasteiger partial charge on any atom is -0.494 e. The third-order valence-corrected chi connectivity index (χ3v) is 22.7. The van der Waals surface area contributed by atoms with Crippen LogP contribution in [-0.4, -0.2) is 75.5 Å². The lowest BCUT2D eigenvalue weighted by Gasteiger charge is -2.55. The van der Waals surface area contributed by atoms with Gasteiger partial charge >= 0.3 is 35.7 Å². The lowest BCUT2D eigenvalue weighted by molar-refractivity contribution is -0.142. The van der Waals surface area contributed by atoms with E-state index in [2.05, 4.69) is 20.8 Å². The lowest BCUT2D eigenvalue weighted by Crippen LogP contribution is -2.84. The molecule has 12 nitrogen and oxygen atoms in total. The van der Waals surface area contributed by atoms with Crippen molar-refractivity contribution in [3.8, 4) is 5.75 Å². The molecule has 0 aliphatic carbocycles. The Labute approximate surface area is 307 Å². The summed E-state index contributed by atoms with van der Waals surface area (Å²) in [6.45, 7) is 24.8. The Kier molecular flexibility index (Phi) is 12.1. The largest absolute Gasteiger partial charge is 0.665 e. The van der Waals surface area contributed by atoms with Crippen molar-refractivity contribution in [2.45, 2.75) is 131 Å². The Hall–Kier alpha value is -1.91. The quantitative estimate of drug-likeness (QED) is 0.102. The predicted octanol–water partition coefficient (Wildman–Crippen LogP) is 7.14. The van der Waals surface area contributed by atoms with Gasteiger partial charge in [-0.1, -0.05) is 45.0 Å². The molecule has 4 rings (SSSR count). The number of ketones is 2. The number of rotatable bonds is 12. The summed E-state index contributed by atoms with van der Waals surface area (Å²) >= 11 is 0. The van der Waals surface area contributed by atoms with Crippen molar-refractivity contribution in [3.63, 3.8) is 0 Å². The standard InChI is InChI=1S/C35H56O12Si4/c1-32(2,3)28-19-15-26(16-20-28)30(36)25-31(37)27-17-21-29(22-18-27)39-23-14-24-48(13)43-50(41-34(7,8)9)45-49(38,40-33(4,5)6)46-51(44-48,47-50)42-35(10,11)12/h15-22,38H,14,23-25H2,1-13H3. The molecule has 1 N–H and O–H groups in total. The summed E-state index contributed by atoms with van der Waals surface area (Å²) in [6, 6.07) is 14.6. The summed E-state index contributed by atoms with van der Waals surface area (Å²) in [6.07, 6.45) is 0.303. The maximum atomic E-state index is 12.9. The molecule has 2 saturated heterocycles.